The van der Waals surface area contributed by atoms with E-state index < -0.39 is 22.5 Å². The Labute approximate surface area is 248 Å². The quantitative estimate of drug-likeness (QED) is 0.233. The van der Waals surface area contributed by atoms with Crippen molar-refractivity contribution in [2.24, 2.45) is 5.10 Å². The Morgan fingerprint density at radius 1 is 1.02 bits per heavy atom. The average molecular weight is 620 g/mol. The predicted molar refractivity (Wildman–Crippen MR) is 157 cm³/mol. The van der Waals surface area contributed by atoms with E-state index in [1.165, 1.54) is 30.5 Å². The molecule has 41 heavy (non-hydrogen) atoms. The highest BCUT2D eigenvalue weighted by molar-refractivity contribution is 7.92. The number of amides is 2. The monoisotopic (exact) mass is 618 g/mol. The number of benzene rings is 3. The molecular formula is C28H28Cl2N4O6S. The van der Waals surface area contributed by atoms with E-state index in [4.69, 9.17) is 32.7 Å². The lowest BCUT2D eigenvalue weighted by atomic mass is 10.2. The van der Waals surface area contributed by atoms with Crippen molar-refractivity contribution in [1.82, 2.24) is 10.7 Å². The molecule has 0 radical (unpaired) electrons. The number of hydrazone groups is 1. The van der Waals surface area contributed by atoms with Gasteiger partial charge in [-0.3, -0.25) is 13.9 Å². The van der Waals surface area contributed by atoms with Crippen LogP contribution in [-0.2, 0) is 24.3 Å². The minimum atomic E-state index is -4.16. The Balaban J connectivity index is 1.34. The summed E-state index contributed by atoms with van der Waals surface area (Å²) in [4.78, 5) is 24.7. The maximum atomic E-state index is 13.4. The molecule has 1 aliphatic heterocycles. The van der Waals surface area contributed by atoms with E-state index in [2.05, 4.69) is 15.8 Å². The van der Waals surface area contributed by atoms with Crippen molar-refractivity contribution in [2.75, 3.05) is 30.6 Å². The zero-order valence-corrected chi connectivity index (χ0v) is 24.2. The Kier molecular flexibility index (Phi) is 10.6. The number of hydrogen-bond acceptors (Lipinski definition) is 7. The first kappa shape index (κ1) is 30.3. The van der Waals surface area contributed by atoms with Gasteiger partial charge in [0.15, 0.2) is 6.61 Å². The highest BCUT2D eigenvalue weighted by Crippen LogP contribution is 2.35. The van der Waals surface area contributed by atoms with Gasteiger partial charge in [-0.25, -0.2) is 13.8 Å². The van der Waals surface area contributed by atoms with Gasteiger partial charge < -0.3 is 14.8 Å². The Morgan fingerprint density at radius 2 is 1.78 bits per heavy atom. The smallest absolute Gasteiger partial charge is 0.264 e. The van der Waals surface area contributed by atoms with Gasteiger partial charge in [0.2, 0.25) is 0 Å². The third kappa shape index (κ3) is 8.43. The van der Waals surface area contributed by atoms with Crippen LogP contribution < -0.4 is 19.8 Å². The average Bonchev–Trinajstić information content (AvgIpc) is 3.50. The number of carbonyl (C=O) groups excluding carboxylic acids is 2. The van der Waals surface area contributed by atoms with E-state index in [1.54, 1.807) is 48.5 Å². The Bertz CT molecular complexity index is 1480. The van der Waals surface area contributed by atoms with Crippen LogP contribution >= 0.6 is 23.2 Å². The summed E-state index contributed by atoms with van der Waals surface area (Å²) < 4.78 is 38.7. The zero-order valence-electron chi connectivity index (χ0n) is 21.8. The SMILES string of the molecule is O=C(COc1ccc(/C=N\NC(=O)CN(c2cccc(Cl)c2Cl)S(=O)(=O)c2ccccc2)cc1)NC[C@@H]1CCCO1. The molecule has 0 aromatic heterocycles. The molecule has 13 heteroatoms. The Morgan fingerprint density at radius 3 is 2.49 bits per heavy atom. The molecule has 216 valence electrons. The summed E-state index contributed by atoms with van der Waals surface area (Å²) >= 11 is 12.4. The fraction of sp³-hybridized carbons (Fsp3) is 0.250. The summed E-state index contributed by atoms with van der Waals surface area (Å²) in [7, 11) is -4.16. The fourth-order valence-electron chi connectivity index (χ4n) is 3.93. The minimum Gasteiger partial charge on any atom is -0.484 e. The molecule has 1 atom stereocenters. The van der Waals surface area contributed by atoms with Gasteiger partial charge in [-0.1, -0.05) is 47.5 Å². The highest BCUT2D eigenvalue weighted by atomic mass is 35.5. The van der Waals surface area contributed by atoms with Crippen molar-refractivity contribution in [3.05, 3.63) is 88.4 Å². The number of ether oxygens (including phenoxy) is 2. The van der Waals surface area contributed by atoms with Gasteiger partial charge in [0, 0.05) is 13.2 Å². The van der Waals surface area contributed by atoms with E-state index in [9.17, 15) is 18.0 Å². The number of anilines is 1. The fourth-order valence-corrected chi connectivity index (χ4v) is 5.83. The summed E-state index contributed by atoms with van der Waals surface area (Å²) in [5.41, 5.74) is 3.02. The topological polar surface area (TPSA) is 126 Å². The number of hydrogen-bond donors (Lipinski definition) is 2. The second kappa shape index (κ2) is 14.3. The van der Waals surface area contributed by atoms with E-state index in [0.717, 1.165) is 23.8 Å². The van der Waals surface area contributed by atoms with Crippen molar-refractivity contribution in [2.45, 2.75) is 23.8 Å². The molecule has 1 heterocycles. The second-order valence-electron chi connectivity index (χ2n) is 8.99. The maximum absolute atomic E-state index is 13.4. The summed E-state index contributed by atoms with van der Waals surface area (Å²) in [6.07, 6.45) is 3.39. The molecule has 10 nitrogen and oxygen atoms in total. The van der Waals surface area contributed by atoms with Crippen LogP contribution in [-0.4, -0.2) is 58.9 Å². The van der Waals surface area contributed by atoms with E-state index in [1.807, 2.05) is 0 Å². The van der Waals surface area contributed by atoms with Gasteiger partial charge in [0.1, 0.15) is 12.3 Å². The van der Waals surface area contributed by atoms with Crippen LogP contribution in [0.4, 0.5) is 5.69 Å². The lowest BCUT2D eigenvalue weighted by Gasteiger charge is -2.24. The molecule has 0 spiro atoms. The third-order valence-electron chi connectivity index (χ3n) is 6.02. The standard InChI is InChI=1S/C28H28Cl2N4O6S/c29-24-9-4-10-25(28(24)30)34(41(37,38)23-7-2-1-3-8-23)18-26(35)33-32-16-20-11-13-21(14-12-20)40-19-27(36)31-17-22-6-5-15-39-22/h1-4,7-14,16,22H,5-6,15,17-19H2,(H,31,36)(H,33,35)/b32-16-/t22-/m0/s1. The minimum absolute atomic E-state index is 0.00686. The summed E-state index contributed by atoms with van der Waals surface area (Å²) in [6, 6.07) is 18.9. The first-order valence-corrected chi connectivity index (χ1v) is 14.9. The van der Waals surface area contributed by atoms with Crippen LogP contribution in [0.3, 0.4) is 0 Å². The molecule has 0 unspecified atom stereocenters. The van der Waals surface area contributed by atoms with Crippen LogP contribution in [0.2, 0.25) is 10.0 Å². The van der Waals surface area contributed by atoms with Gasteiger partial charge in [0.05, 0.1) is 32.9 Å². The molecule has 0 saturated carbocycles. The summed E-state index contributed by atoms with van der Waals surface area (Å²) in [6.45, 7) is 0.458. The first-order valence-electron chi connectivity index (χ1n) is 12.7. The third-order valence-corrected chi connectivity index (χ3v) is 8.60. The van der Waals surface area contributed by atoms with Crippen LogP contribution in [0.5, 0.6) is 5.75 Å². The molecule has 3 aromatic carbocycles. The largest absolute Gasteiger partial charge is 0.484 e. The molecule has 1 aliphatic rings. The summed E-state index contributed by atoms with van der Waals surface area (Å²) in [5, 5.41) is 6.85. The van der Waals surface area contributed by atoms with Gasteiger partial charge >= 0.3 is 0 Å². The van der Waals surface area contributed by atoms with Gasteiger partial charge in [-0.15, -0.1) is 0 Å². The van der Waals surface area contributed by atoms with E-state index in [-0.39, 0.29) is 39.2 Å². The lowest BCUT2D eigenvalue weighted by molar-refractivity contribution is -0.123. The van der Waals surface area contributed by atoms with Crippen LogP contribution in [0.1, 0.15) is 18.4 Å². The van der Waals surface area contributed by atoms with Crippen molar-refractivity contribution in [3.63, 3.8) is 0 Å². The van der Waals surface area contributed by atoms with E-state index in [0.29, 0.717) is 17.9 Å². The highest BCUT2D eigenvalue weighted by Gasteiger charge is 2.29. The number of halogens is 2. The molecule has 0 aliphatic carbocycles. The Hall–Kier alpha value is -3.64. The molecule has 3 aromatic rings. The van der Waals surface area contributed by atoms with Crippen molar-refractivity contribution in [3.8, 4) is 5.75 Å². The maximum Gasteiger partial charge on any atom is 0.264 e. The first-order chi connectivity index (χ1) is 19.7. The second-order valence-corrected chi connectivity index (χ2v) is 11.6. The van der Waals surface area contributed by atoms with Crippen molar-refractivity contribution in [1.29, 1.82) is 0 Å². The molecule has 2 N–H and O–H groups in total. The van der Waals surface area contributed by atoms with Gasteiger partial charge in [-0.05, 0) is 66.9 Å². The zero-order chi connectivity index (χ0) is 29.2. The van der Waals surface area contributed by atoms with Gasteiger partial charge in [0.25, 0.3) is 21.8 Å². The molecule has 1 fully saturated rings. The van der Waals surface area contributed by atoms with Crippen molar-refractivity contribution < 1.29 is 27.5 Å². The normalized spacial score (nSPS) is 15.0. The molecule has 2 amide bonds. The van der Waals surface area contributed by atoms with Crippen LogP contribution in [0.25, 0.3) is 0 Å². The number of carbonyl (C=O) groups is 2. The number of nitrogens with one attached hydrogen (secondary N) is 2. The van der Waals surface area contributed by atoms with Crippen LogP contribution in [0.15, 0.2) is 82.8 Å². The molecular weight excluding hydrogens is 591 g/mol. The molecule has 0 bridgehead atoms. The number of sulfonamides is 1. The van der Waals surface area contributed by atoms with E-state index >= 15 is 0 Å². The van der Waals surface area contributed by atoms with Gasteiger partial charge in [-0.2, -0.15) is 5.10 Å². The number of nitrogens with zero attached hydrogens (tertiary/aromatic N) is 2. The lowest BCUT2D eigenvalue weighted by Crippen LogP contribution is -2.39. The molecule has 1 saturated heterocycles. The molecule has 4 rings (SSSR count). The summed E-state index contributed by atoms with van der Waals surface area (Å²) in [5.74, 6) is -0.458. The van der Waals surface area contributed by atoms with Crippen molar-refractivity contribution >= 4 is 56.9 Å². The van der Waals surface area contributed by atoms with Crippen LogP contribution in [0, 0.1) is 0 Å². The predicted octanol–water partition coefficient (Wildman–Crippen LogP) is 4.01. The number of rotatable bonds is 12.